The van der Waals surface area contributed by atoms with Gasteiger partial charge in [-0.1, -0.05) is 11.6 Å². The lowest BCUT2D eigenvalue weighted by Gasteiger charge is -2.17. The van der Waals surface area contributed by atoms with Gasteiger partial charge in [0.1, 0.15) is 11.6 Å². The molecule has 2 aromatic rings. The van der Waals surface area contributed by atoms with E-state index < -0.39 is 17.7 Å². The Kier molecular flexibility index (Phi) is 4.37. The number of hydrogen-bond acceptors (Lipinski definition) is 2. The molecule has 0 spiro atoms. The Morgan fingerprint density at radius 1 is 1.33 bits per heavy atom. The van der Waals surface area contributed by atoms with Gasteiger partial charge in [-0.15, -0.1) is 11.3 Å². The highest BCUT2D eigenvalue weighted by Gasteiger charge is 2.21. The van der Waals surface area contributed by atoms with Gasteiger partial charge in [-0.2, -0.15) is 0 Å². The van der Waals surface area contributed by atoms with Crippen LogP contribution in [0.25, 0.3) is 0 Å². The van der Waals surface area contributed by atoms with Crippen LogP contribution in [0.15, 0.2) is 28.1 Å². The van der Waals surface area contributed by atoms with Crippen molar-refractivity contribution < 1.29 is 8.78 Å². The zero-order chi connectivity index (χ0) is 13.3. The molecule has 2 rings (SSSR count). The molecule has 18 heavy (non-hydrogen) atoms. The van der Waals surface area contributed by atoms with Crippen LogP contribution in [0, 0.1) is 11.6 Å². The van der Waals surface area contributed by atoms with E-state index in [-0.39, 0.29) is 10.6 Å². The van der Waals surface area contributed by atoms with E-state index in [0.717, 1.165) is 21.5 Å². The van der Waals surface area contributed by atoms with Gasteiger partial charge in [-0.05, 0) is 46.6 Å². The fourth-order valence-corrected chi connectivity index (χ4v) is 3.58. The van der Waals surface area contributed by atoms with E-state index in [1.165, 1.54) is 11.3 Å². The van der Waals surface area contributed by atoms with E-state index in [0.29, 0.717) is 0 Å². The van der Waals surface area contributed by atoms with Crippen molar-refractivity contribution in [2.45, 2.75) is 6.04 Å². The van der Waals surface area contributed by atoms with Gasteiger partial charge in [-0.3, -0.25) is 0 Å². The summed E-state index contributed by atoms with van der Waals surface area (Å²) >= 11 is 10.4. The first-order valence-electron chi connectivity index (χ1n) is 5.09. The molecule has 0 aliphatic heterocycles. The maximum Gasteiger partial charge on any atom is 0.142 e. The number of halogens is 4. The van der Waals surface area contributed by atoms with Gasteiger partial charge in [0.05, 0.1) is 11.1 Å². The molecular weight excluding hydrogens is 344 g/mol. The number of thiophene rings is 1. The van der Waals surface area contributed by atoms with Crippen molar-refractivity contribution in [3.05, 3.63) is 55.1 Å². The lowest BCUT2D eigenvalue weighted by Crippen LogP contribution is -2.18. The Labute approximate surface area is 121 Å². The van der Waals surface area contributed by atoms with Crippen LogP contribution < -0.4 is 5.32 Å². The highest BCUT2D eigenvalue weighted by Crippen LogP contribution is 2.35. The van der Waals surface area contributed by atoms with Gasteiger partial charge in [0.15, 0.2) is 0 Å². The second-order valence-corrected chi connectivity index (χ2v) is 5.85. The molecule has 0 fully saturated rings. The Hall–Kier alpha value is -0.490. The van der Waals surface area contributed by atoms with Crippen LogP contribution in [0.5, 0.6) is 0 Å². The van der Waals surface area contributed by atoms with Crippen LogP contribution >= 0.6 is 38.9 Å². The molecule has 96 valence electrons. The Balaban J connectivity index is 2.52. The van der Waals surface area contributed by atoms with Crippen LogP contribution in [0.4, 0.5) is 8.78 Å². The van der Waals surface area contributed by atoms with Crippen LogP contribution in [0.2, 0.25) is 5.02 Å². The molecular formula is C12H9BrClF2NS. The fraction of sp³-hybridized carbons (Fsp3) is 0.167. The van der Waals surface area contributed by atoms with Crippen molar-refractivity contribution in [1.29, 1.82) is 0 Å². The third kappa shape index (κ3) is 2.59. The van der Waals surface area contributed by atoms with Crippen LogP contribution in [-0.2, 0) is 0 Å². The number of rotatable bonds is 3. The molecule has 0 aliphatic carbocycles. The Morgan fingerprint density at radius 2 is 2.06 bits per heavy atom. The molecule has 1 aromatic carbocycles. The van der Waals surface area contributed by atoms with Gasteiger partial charge in [0.25, 0.3) is 0 Å². The average Bonchev–Trinajstić information content (AvgIpc) is 2.73. The first-order chi connectivity index (χ1) is 8.54. The predicted octanol–water partition coefficient (Wildman–Crippen LogP) is 4.75. The highest BCUT2D eigenvalue weighted by molar-refractivity contribution is 9.10. The molecule has 1 N–H and O–H groups in total. The molecule has 0 saturated carbocycles. The number of nitrogens with one attached hydrogen (secondary N) is 1. The smallest absolute Gasteiger partial charge is 0.142 e. The topological polar surface area (TPSA) is 12.0 Å². The second kappa shape index (κ2) is 5.65. The second-order valence-electron chi connectivity index (χ2n) is 3.64. The van der Waals surface area contributed by atoms with Gasteiger partial charge < -0.3 is 5.32 Å². The van der Waals surface area contributed by atoms with E-state index in [9.17, 15) is 8.78 Å². The summed E-state index contributed by atoms with van der Waals surface area (Å²) < 4.78 is 28.2. The molecule has 1 heterocycles. The summed E-state index contributed by atoms with van der Waals surface area (Å²) in [4.78, 5) is 0.887. The summed E-state index contributed by atoms with van der Waals surface area (Å²) in [5.74, 6) is -1.15. The van der Waals surface area contributed by atoms with Crippen molar-refractivity contribution in [2.75, 3.05) is 7.05 Å². The number of benzene rings is 1. The summed E-state index contributed by atoms with van der Waals surface area (Å²) in [7, 11) is 1.70. The van der Waals surface area contributed by atoms with Gasteiger partial charge in [0.2, 0.25) is 0 Å². The van der Waals surface area contributed by atoms with E-state index in [1.807, 2.05) is 11.4 Å². The predicted molar refractivity (Wildman–Crippen MR) is 74.3 cm³/mol. The van der Waals surface area contributed by atoms with Crippen molar-refractivity contribution in [2.24, 2.45) is 0 Å². The quantitative estimate of drug-likeness (QED) is 0.786. The minimum atomic E-state index is -0.624. The Bertz CT molecular complexity index is 573. The third-order valence-electron chi connectivity index (χ3n) is 2.55. The summed E-state index contributed by atoms with van der Waals surface area (Å²) in [6.07, 6.45) is 0. The van der Waals surface area contributed by atoms with Crippen molar-refractivity contribution in [3.8, 4) is 0 Å². The summed E-state index contributed by atoms with van der Waals surface area (Å²) in [6.45, 7) is 0. The van der Waals surface area contributed by atoms with E-state index in [1.54, 1.807) is 7.05 Å². The standard InChI is InChI=1S/C12H9BrClF2NS/c1-17-11(12-7(13)2-3-18-12)6-4-10(16)8(14)5-9(6)15/h2-5,11,17H,1H3. The Morgan fingerprint density at radius 3 is 2.61 bits per heavy atom. The summed E-state index contributed by atoms with van der Waals surface area (Å²) in [5.41, 5.74) is 0.238. The first-order valence-corrected chi connectivity index (χ1v) is 7.14. The van der Waals surface area contributed by atoms with Gasteiger partial charge >= 0.3 is 0 Å². The maximum atomic E-state index is 13.9. The molecule has 0 aliphatic rings. The molecule has 1 atom stereocenters. The molecule has 1 nitrogen and oxygen atoms in total. The van der Waals surface area contributed by atoms with Crippen LogP contribution in [0.3, 0.4) is 0 Å². The molecule has 1 unspecified atom stereocenters. The van der Waals surface area contributed by atoms with Crippen molar-refractivity contribution in [1.82, 2.24) is 5.32 Å². The highest BCUT2D eigenvalue weighted by atomic mass is 79.9. The zero-order valence-electron chi connectivity index (χ0n) is 9.31. The van der Waals surface area contributed by atoms with E-state index in [4.69, 9.17) is 11.6 Å². The average molecular weight is 353 g/mol. The molecule has 6 heteroatoms. The summed E-state index contributed by atoms with van der Waals surface area (Å²) in [6, 6.07) is 3.59. The molecule has 0 bridgehead atoms. The maximum absolute atomic E-state index is 13.9. The van der Waals surface area contributed by atoms with E-state index >= 15 is 0 Å². The molecule has 1 aromatic heterocycles. The van der Waals surface area contributed by atoms with Crippen molar-refractivity contribution in [3.63, 3.8) is 0 Å². The zero-order valence-corrected chi connectivity index (χ0v) is 12.5. The van der Waals surface area contributed by atoms with Crippen LogP contribution in [-0.4, -0.2) is 7.05 Å². The SMILES string of the molecule is CNC(c1cc(F)c(Cl)cc1F)c1sccc1Br. The van der Waals surface area contributed by atoms with Gasteiger partial charge in [-0.25, -0.2) is 8.78 Å². The monoisotopic (exact) mass is 351 g/mol. The van der Waals surface area contributed by atoms with Crippen LogP contribution in [0.1, 0.15) is 16.5 Å². The van der Waals surface area contributed by atoms with Gasteiger partial charge in [0, 0.05) is 14.9 Å². The van der Waals surface area contributed by atoms with E-state index in [2.05, 4.69) is 21.2 Å². The normalized spacial score (nSPS) is 12.7. The first kappa shape index (κ1) is 13.9. The summed E-state index contributed by atoms with van der Waals surface area (Å²) in [5, 5.41) is 4.65. The third-order valence-corrected chi connectivity index (χ3v) is 4.77. The molecule has 0 saturated heterocycles. The largest absolute Gasteiger partial charge is 0.309 e. The minimum Gasteiger partial charge on any atom is -0.309 e. The van der Waals surface area contributed by atoms with Crippen molar-refractivity contribution >= 4 is 38.9 Å². The fourth-order valence-electron chi connectivity index (χ4n) is 1.70. The molecule has 0 radical (unpaired) electrons. The lowest BCUT2D eigenvalue weighted by atomic mass is 10.0. The molecule has 0 amide bonds. The number of hydrogen-bond donors (Lipinski definition) is 1. The minimum absolute atomic E-state index is 0.212. The lowest BCUT2D eigenvalue weighted by molar-refractivity contribution is 0.560.